The fourth-order valence-electron chi connectivity index (χ4n) is 1.34. The van der Waals surface area contributed by atoms with Crippen molar-refractivity contribution in [1.29, 1.82) is 0 Å². The monoisotopic (exact) mass is 217 g/mol. The zero-order chi connectivity index (χ0) is 10.8. The summed E-state index contributed by atoms with van der Waals surface area (Å²) in [6, 6.07) is 0. The summed E-state index contributed by atoms with van der Waals surface area (Å²) < 4.78 is 5.43. The maximum Gasteiger partial charge on any atom is 0.256 e. The lowest BCUT2D eigenvalue weighted by Gasteiger charge is -2.14. The lowest BCUT2D eigenvalue weighted by molar-refractivity contribution is 0.191. The van der Waals surface area contributed by atoms with Crippen molar-refractivity contribution in [2.75, 3.05) is 7.05 Å². The van der Waals surface area contributed by atoms with E-state index in [2.05, 4.69) is 19.2 Å². The van der Waals surface area contributed by atoms with Crippen LogP contribution in [0.1, 0.15) is 52.4 Å². The Kier molecular flexibility index (Phi) is 9.05. The van der Waals surface area contributed by atoms with Gasteiger partial charge in [0.25, 0.3) is 5.17 Å². The molecule has 0 saturated carbocycles. The highest BCUT2D eigenvalue weighted by molar-refractivity contribution is 7.80. The Morgan fingerprint density at radius 2 is 1.93 bits per heavy atom. The summed E-state index contributed by atoms with van der Waals surface area (Å²) in [5.41, 5.74) is 0. The molecule has 0 amide bonds. The molecule has 0 aliphatic heterocycles. The van der Waals surface area contributed by atoms with E-state index in [4.69, 9.17) is 17.0 Å². The highest BCUT2D eigenvalue weighted by Gasteiger charge is 2.03. The quantitative estimate of drug-likeness (QED) is 0.522. The van der Waals surface area contributed by atoms with E-state index in [-0.39, 0.29) is 6.10 Å². The molecule has 0 aromatic heterocycles. The lowest BCUT2D eigenvalue weighted by atomic mass is 10.1. The molecule has 0 aromatic rings. The highest BCUT2D eigenvalue weighted by atomic mass is 32.1. The summed E-state index contributed by atoms with van der Waals surface area (Å²) in [6.45, 7) is 4.31. The first kappa shape index (κ1) is 13.7. The molecule has 0 radical (unpaired) electrons. The second-order valence-electron chi connectivity index (χ2n) is 3.67. The fraction of sp³-hybridized carbons (Fsp3) is 0.909. The van der Waals surface area contributed by atoms with Gasteiger partial charge in [-0.25, -0.2) is 0 Å². The third-order valence-corrected chi connectivity index (χ3v) is 2.53. The Bertz CT molecular complexity index is 150. The van der Waals surface area contributed by atoms with Gasteiger partial charge in [-0.05, 0) is 32.0 Å². The van der Waals surface area contributed by atoms with E-state index in [1.54, 1.807) is 7.05 Å². The number of ether oxygens (including phenoxy) is 1. The Morgan fingerprint density at radius 3 is 2.50 bits per heavy atom. The van der Waals surface area contributed by atoms with Gasteiger partial charge >= 0.3 is 0 Å². The van der Waals surface area contributed by atoms with Crippen molar-refractivity contribution in [2.24, 2.45) is 0 Å². The maximum atomic E-state index is 5.43. The molecule has 0 heterocycles. The normalized spacial score (nSPS) is 12.2. The van der Waals surface area contributed by atoms with Gasteiger partial charge in [0.05, 0.1) is 6.10 Å². The van der Waals surface area contributed by atoms with E-state index < -0.39 is 0 Å². The van der Waals surface area contributed by atoms with Crippen LogP contribution in [0, 0.1) is 0 Å². The number of unbranched alkanes of at least 4 members (excludes halogenated alkanes) is 4. The van der Waals surface area contributed by atoms with Gasteiger partial charge in [0.2, 0.25) is 0 Å². The molecule has 0 aromatic carbocycles. The lowest BCUT2D eigenvalue weighted by Crippen LogP contribution is -2.23. The molecule has 0 rings (SSSR count). The Labute approximate surface area is 93.4 Å². The van der Waals surface area contributed by atoms with Gasteiger partial charge < -0.3 is 10.1 Å². The first-order chi connectivity index (χ1) is 6.70. The van der Waals surface area contributed by atoms with Gasteiger partial charge in [-0.15, -0.1) is 0 Å². The van der Waals surface area contributed by atoms with Crippen LogP contribution < -0.4 is 5.32 Å². The van der Waals surface area contributed by atoms with Crippen molar-refractivity contribution in [3.05, 3.63) is 0 Å². The Morgan fingerprint density at radius 1 is 1.29 bits per heavy atom. The number of thiocarbonyl (C=S) groups is 1. The van der Waals surface area contributed by atoms with Crippen LogP contribution in [0.25, 0.3) is 0 Å². The first-order valence-electron chi connectivity index (χ1n) is 5.59. The van der Waals surface area contributed by atoms with Crippen molar-refractivity contribution in [3.63, 3.8) is 0 Å². The topological polar surface area (TPSA) is 21.3 Å². The zero-order valence-electron chi connectivity index (χ0n) is 9.64. The molecule has 0 aliphatic rings. The second-order valence-corrected chi connectivity index (χ2v) is 4.04. The van der Waals surface area contributed by atoms with Gasteiger partial charge in [-0.1, -0.05) is 32.6 Å². The third-order valence-electron chi connectivity index (χ3n) is 2.23. The number of rotatable bonds is 7. The van der Waals surface area contributed by atoms with Crippen molar-refractivity contribution >= 4 is 17.4 Å². The molecule has 1 atom stereocenters. The molecule has 0 bridgehead atoms. The van der Waals surface area contributed by atoms with E-state index in [1.165, 1.54) is 32.1 Å². The zero-order valence-corrected chi connectivity index (χ0v) is 10.5. The Hall–Kier alpha value is -0.310. The van der Waals surface area contributed by atoms with E-state index >= 15 is 0 Å². The predicted octanol–water partition coefficient (Wildman–Crippen LogP) is 3.26. The molecule has 0 spiro atoms. The molecule has 84 valence electrons. The van der Waals surface area contributed by atoms with Crippen molar-refractivity contribution < 1.29 is 4.74 Å². The molecule has 3 heteroatoms. The van der Waals surface area contributed by atoms with Gasteiger partial charge in [0, 0.05) is 7.05 Å². The highest BCUT2D eigenvalue weighted by Crippen LogP contribution is 2.09. The number of hydrogen-bond donors (Lipinski definition) is 1. The number of hydrogen-bond acceptors (Lipinski definition) is 2. The van der Waals surface area contributed by atoms with Crippen molar-refractivity contribution in [2.45, 2.75) is 58.5 Å². The summed E-state index contributed by atoms with van der Waals surface area (Å²) in [5, 5.41) is 3.32. The van der Waals surface area contributed by atoms with Crippen molar-refractivity contribution in [1.82, 2.24) is 5.32 Å². The first-order valence-corrected chi connectivity index (χ1v) is 5.99. The minimum atomic E-state index is 0.247. The van der Waals surface area contributed by atoms with Crippen LogP contribution in [0.3, 0.4) is 0 Å². The van der Waals surface area contributed by atoms with Crippen LogP contribution in [-0.2, 0) is 4.74 Å². The van der Waals surface area contributed by atoms with E-state index in [1.807, 2.05) is 0 Å². The van der Waals surface area contributed by atoms with Gasteiger partial charge in [0.15, 0.2) is 0 Å². The molecular formula is C11H23NOS. The fourth-order valence-corrected chi connectivity index (χ4v) is 1.50. The third kappa shape index (κ3) is 8.30. The molecule has 1 unspecified atom stereocenters. The molecule has 14 heavy (non-hydrogen) atoms. The smallest absolute Gasteiger partial charge is 0.256 e. The summed E-state index contributed by atoms with van der Waals surface area (Å²) >= 11 is 4.92. The van der Waals surface area contributed by atoms with Crippen LogP contribution in [0.4, 0.5) is 0 Å². The van der Waals surface area contributed by atoms with Crippen LogP contribution in [0.5, 0.6) is 0 Å². The van der Waals surface area contributed by atoms with E-state index in [9.17, 15) is 0 Å². The van der Waals surface area contributed by atoms with Crippen LogP contribution in [0.15, 0.2) is 0 Å². The molecule has 0 aliphatic carbocycles. The average molecular weight is 217 g/mol. The summed E-state index contributed by atoms with van der Waals surface area (Å²) in [6.07, 6.45) is 7.91. The predicted molar refractivity (Wildman–Crippen MR) is 65.6 cm³/mol. The molecule has 2 nitrogen and oxygen atoms in total. The molecule has 1 N–H and O–H groups in total. The second kappa shape index (κ2) is 9.25. The van der Waals surface area contributed by atoms with Crippen LogP contribution in [-0.4, -0.2) is 18.3 Å². The Balaban J connectivity index is 3.26. The minimum Gasteiger partial charge on any atom is -0.468 e. The SMILES string of the molecule is CCCCCCCC(C)OC(=S)NC. The van der Waals surface area contributed by atoms with Crippen LogP contribution >= 0.6 is 12.2 Å². The molecular weight excluding hydrogens is 194 g/mol. The summed E-state index contributed by atoms with van der Waals surface area (Å²) in [7, 11) is 1.79. The summed E-state index contributed by atoms with van der Waals surface area (Å²) in [5.74, 6) is 0. The van der Waals surface area contributed by atoms with E-state index in [0.717, 1.165) is 6.42 Å². The maximum absolute atomic E-state index is 5.43. The average Bonchev–Trinajstić information content (AvgIpc) is 2.17. The number of nitrogens with one attached hydrogen (secondary N) is 1. The molecule has 0 saturated heterocycles. The van der Waals surface area contributed by atoms with Gasteiger partial charge in [-0.2, -0.15) is 0 Å². The van der Waals surface area contributed by atoms with Gasteiger partial charge in [-0.3, -0.25) is 0 Å². The largest absolute Gasteiger partial charge is 0.468 e. The van der Waals surface area contributed by atoms with Crippen LogP contribution in [0.2, 0.25) is 0 Å². The van der Waals surface area contributed by atoms with Crippen molar-refractivity contribution in [3.8, 4) is 0 Å². The minimum absolute atomic E-state index is 0.247. The standard InChI is InChI=1S/C11H23NOS/c1-4-5-6-7-8-9-10(2)13-11(14)12-3/h10H,4-9H2,1-3H3,(H,12,14). The molecule has 0 fully saturated rings. The van der Waals surface area contributed by atoms with E-state index in [0.29, 0.717) is 5.17 Å². The summed E-state index contributed by atoms with van der Waals surface area (Å²) in [4.78, 5) is 0. The van der Waals surface area contributed by atoms with Gasteiger partial charge in [0.1, 0.15) is 0 Å².